The van der Waals surface area contributed by atoms with Gasteiger partial charge in [0.25, 0.3) is 0 Å². The van der Waals surface area contributed by atoms with E-state index in [1.54, 1.807) is 17.0 Å². The predicted molar refractivity (Wildman–Crippen MR) is 74.0 cm³/mol. The van der Waals surface area contributed by atoms with E-state index in [4.69, 9.17) is 9.84 Å². The number of ether oxygens (including phenoxy) is 1. The summed E-state index contributed by atoms with van der Waals surface area (Å²) in [6.45, 7) is 4.85. The molecule has 6 nitrogen and oxygen atoms in total. The lowest BCUT2D eigenvalue weighted by atomic mass is 10.2. The molecule has 1 aliphatic heterocycles. The molecule has 1 fully saturated rings. The second-order valence-electron chi connectivity index (χ2n) is 4.96. The molecule has 1 aliphatic rings. The van der Waals surface area contributed by atoms with E-state index in [0.717, 1.165) is 0 Å². The van der Waals surface area contributed by atoms with Crippen molar-refractivity contribution >= 4 is 17.7 Å². The van der Waals surface area contributed by atoms with Crippen molar-refractivity contribution in [3.63, 3.8) is 0 Å². The maximum atomic E-state index is 12.2. The van der Waals surface area contributed by atoms with Crippen molar-refractivity contribution in [2.45, 2.75) is 26.0 Å². The Balaban J connectivity index is 2.07. The molecule has 2 amide bonds. The molecule has 1 aromatic carbocycles. The average molecular weight is 278 g/mol. The van der Waals surface area contributed by atoms with E-state index in [-0.39, 0.29) is 23.7 Å². The molecule has 108 valence electrons. The molecular formula is C14H18N2O4. The molecule has 0 radical (unpaired) electrons. The van der Waals surface area contributed by atoms with Crippen LogP contribution < -0.4 is 5.32 Å². The van der Waals surface area contributed by atoms with Gasteiger partial charge in [-0.2, -0.15) is 0 Å². The quantitative estimate of drug-likeness (QED) is 0.867. The number of carbonyl (C=O) groups excluding carboxylic acids is 1. The Bertz CT molecular complexity index is 518. The van der Waals surface area contributed by atoms with Crippen LogP contribution in [0.2, 0.25) is 0 Å². The summed E-state index contributed by atoms with van der Waals surface area (Å²) in [4.78, 5) is 24.8. The van der Waals surface area contributed by atoms with E-state index in [1.807, 2.05) is 13.8 Å². The molecule has 20 heavy (non-hydrogen) atoms. The van der Waals surface area contributed by atoms with Crippen LogP contribution in [0.25, 0.3) is 0 Å². The lowest BCUT2D eigenvalue weighted by Gasteiger charge is -2.36. The Labute approximate surface area is 117 Å². The molecule has 0 aromatic heterocycles. The molecule has 0 saturated carbocycles. The molecule has 2 atom stereocenters. The van der Waals surface area contributed by atoms with Gasteiger partial charge in [0.05, 0.1) is 24.3 Å². The maximum Gasteiger partial charge on any atom is 0.335 e. The summed E-state index contributed by atoms with van der Waals surface area (Å²) in [5.74, 6) is -1.02. The molecule has 0 aliphatic carbocycles. The van der Waals surface area contributed by atoms with E-state index in [0.29, 0.717) is 18.8 Å². The third-order valence-electron chi connectivity index (χ3n) is 3.23. The Morgan fingerprint density at radius 1 is 1.40 bits per heavy atom. The highest BCUT2D eigenvalue weighted by Crippen LogP contribution is 2.15. The van der Waals surface area contributed by atoms with E-state index in [9.17, 15) is 9.59 Å². The van der Waals surface area contributed by atoms with Gasteiger partial charge in [0.1, 0.15) is 0 Å². The number of benzene rings is 1. The number of carboxylic acids is 1. The minimum Gasteiger partial charge on any atom is -0.478 e. The van der Waals surface area contributed by atoms with Gasteiger partial charge < -0.3 is 20.1 Å². The third-order valence-corrected chi connectivity index (χ3v) is 3.23. The zero-order valence-corrected chi connectivity index (χ0v) is 11.5. The number of carboxylic acid groups (broad SMARTS) is 1. The first-order valence-corrected chi connectivity index (χ1v) is 6.50. The summed E-state index contributed by atoms with van der Waals surface area (Å²) in [7, 11) is 0. The number of rotatable bonds is 2. The van der Waals surface area contributed by atoms with Crippen LogP contribution in [-0.4, -0.2) is 47.3 Å². The molecule has 1 saturated heterocycles. The molecule has 0 spiro atoms. The van der Waals surface area contributed by atoms with Crippen LogP contribution in [0.1, 0.15) is 24.2 Å². The highest BCUT2D eigenvalue weighted by atomic mass is 16.5. The molecule has 1 aromatic rings. The summed E-state index contributed by atoms with van der Waals surface area (Å²) in [6.07, 6.45) is 0.00213. The summed E-state index contributed by atoms with van der Waals surface area (Å²) >= 11 is 0. The van der Waals surface area contributed by atoms with Crippen molar-refractivity contribution in [1.82, 2.24) is 4.90 Å². The smallest absolute Gasteiger partial charge is 0.335 e. The Hall–Kier alpha value is -2.08. The van der Waals surface area contributed by atoms with Crippen LogP contribution in [-0.2, 0) is 4.74 Å². The SMILES string of the molecule is CC1CN(C(=O)Nc2cccc(C(=O)O)c2)C(C)CO1. The lowest BCUT2D eigenvalue weighted by molar-refractivity contribution is -0.0296. The highest BCUT2D eigenvalue weighted by Gasteiger charge is 2.27. The fourth-order valence-electron chi connectivity index (χ4n) is 2.11. The van der Waals surface area contributed by atoms with Crippen molar-refractivity contribution in [2.24, 2.45) is 0 Å². The van der Waals surface area contributed by atoms with Gasteiger partial charge in [-0.1, -0.05) is 6.07 Å². The van der Waals surface area contributed by atoms with Crippen molar-refractivity contribution in [3.05, 3.63) is 29.8 Å². The van der Waals surface area contributed by atoms with Crippen LogP contribution in [0.15, 0.2) is 24.3 Å². The number of nitrogens with one attached hydrogen (secondary N) is 1. The van der Waals surface area contributed by atoms with Gasteiger partial charge in [-0.25, -0.2) is 9.59 Å². The number of aromatic carboxylic acids is 1. The monoisotopic (exact) mass is 278 g/mol. The fourth-order valence-corrected chi connectivity index (χ4v) is 2.11. The normalized spacial score (nSPS) is 22.4. The third kappa shape index (κ3) is 3.27. The summed E-state index contributed by atoms with van der Waals surface area (Å²) < 4.78 is 5.47. The number of carbonyl (C=O) groups is 2. The van der Waals surface area contributed by atoms with Crippen molar-refractivity contribution < 1.29 is 19.4 Å². The first kappa shape index (κ1) is 14.3. The first-order chi connectivity index (χ1) is 9.47. The second kappa shape index (κ2) is 5.92. The minimum absolute atomic E-state index is 0.00213. The van der Waals surface area contributed by atoms with Gasteiger partial charge in [-0.05, 0) is 32.0 Å². The van der Waals surface area contributed by atoms with Crippen molar-refractivity contribution in [3.8, 4) is 0 Å². The van der Waals surface area contributed by atoms with E-state index >= 15 is 0 Å². The first-order valence-electron chi connectivity index (χ1n) is 6.50. The largest absolute Gasteiger partial charge is 0.478 e. The molecule has 2 rings (SSSR count). The zero-order chi connectivity index (χ0) is 14.7. The molecule has 1 heterocycles. The number of anilines is 1. The van der Waals surface area contributed by atoms with Crippen molar-refractivity contribution in [1.29, 1.82) is 0 Å². The van der Waals surface area contributed by atoms with Crippen LogP contribution in [0.3, 0.4) is 0 Å². The second-order valence-corrected chi connectivity index (χ2v) is 4.96. The fraction of sp³-hybridized carbons (Fsp3) is 0.429. The summed E-state index contributed by atoms with van der Waals surface area (Å²) in [5, 5.41) is 11.7. The van der Waals surface area contributed by atoms with Crippen molar-refractivity contribution in [2.75, 3.05) is 18.5 Å². The van der Waals surface area contributed by atoms with E-state index < -0.39 is 5.97 Å². The predicted octanol–water partition coefficient (Wildman–Crippen LogP) is 2.03. The lowest BCUT2D eigenvalue weighted by Crippen LogP contribution is -2.51. The molecule has 2 N–H and O–H groups in total. The van der Waals surface area contributed by atoms with E-state index in [1.165, 1.54) is 12.1 Å². The number of amides is 2. The van der Waals surface area contributed by atoms with Gasteiger partial charge >= 0.3 is 12.0 Å². The topological polar surface area (TPSA) is 78.9 Å². The Morgan fingerprint density at radius 2 is 2.15 bits per heavy atom. The summed E-state index contributed by atoms with van der Waals surface area (Å²) in [6, 6.07) is 5.94. The highest BCUT2D eigenvalue weighted by molar-refractivity contribution is 5.93. The van der Waals surface area contributed by atoms with Gasteiger partial charge in [0, 0.05) is 12.2 Å². The summed E-state index contributed by atoms with van der Waals surface area (Å²) in [5.41, 5.74) is 0.618. The Morgan fingerprint density at radius 3 is 2.85 bits per heavy atom. The number of urea groups is 1. The average Bonchev–Trinajstić information content (AvgIpc) is 2.41. The molecule has 0 bridgehead atoms. The van der Waals surface area contributed by atoms with Gasteiger partial charge in [-0.15, -0.1) is 0 Å². The molecule has 2 unspecified atom stereocenters. The minimum atomic E-state index is -1.02. The van der Waals surface area contributed by atoms with Gasteiger partial charge in [0.2, 0.25) is 0 Å². The number of hydrogen-bond donors (Lipinski definition) is 2. The van der Waals surface area contributed by atoms with E-state index in [2.05, 4.69) is 5.32 Å². The standard InChI is InChI=1S/C14H18N2O4/c1-9-8-20-10(2)7-16(9)14(19)15-12-5-3-4-11(6-12)13(17)18/h3-6,9-10H,7-8H2,1-2H3,(H,15,19)(H,17,18). The van der Waals surface area contributed by atoms with Gasteiger partial charge in [0.15, 0.2) is 0 Å². The van der Waals surface area contributed by atoms with Gasteiger partial charge in [-0.3, -0.25) is 0 Å². The van der Waals surface area contributed by atoms with Crippen LogP contribution in [0, 0.1) is 0 Å². The van der Waals surface area contributed by atoms with Crippen LogP contribution in [0.4, 0.5) is 10.5 Å². The number of morpholine rings is 1. The zero-order valence-electron chi connectivity index (χ0n) is 11.5. The maximum absolute atomic E-state index is 12.2. The number of hydrogen-bond acceptors (Lipinski definition) is 3. The van der Waals surface area contributed by atoms with Crippen LogP contribution in [0.5, 0.6) is 0 Å². The Kier molecular flexibility index (Phi) is 4.24. The van der Waals surface area contributed by atoms with Crippen LogP contribution >= 0.6 is 0 Å². The molecule has 6 heteroatoms. The molecular weight excluding hydrogens is 260 g/mol. The number of nitrogens with zero attached hydrogens (tertiary/aromatic N) is 1.